The van der Waals surface area contributed by atoms with Crippen LogP contribution in [-0.4, -0.2) is 44.3 Å². The Hall–Kier alpha value is -1.26. The van der Waals surface area contributed by atoms with E-state index in [2.05, 4.69) is 23.2 Å². The smallest absolute Gasteiger partial charge is 0.0594 e. The van der Waals surface area contributed by atoms with Crippen LogP contribution in [0.5, 0.6) is 0 Å². The highest BCUT2D eigenvalue weighted by molar-refractivity contribution is 5.57. The molecule has 4 nitrogen and oxygen atoms in total. The Labute approximate surface area is 109 Å². The summed E-state index contributed by atoms with van der Waals surface area (Å²) in [5.74, 6) is 0. The first kappa shape index (κ1) is 13.2. The van der Waals surface area contributed by atoms with Gasteiger partial charge >= 0.3 is 0 Å². The number of nitrogen functional groups attached to an aromatic ring is 1. The number of nitrogens with zero attached hydrogens (tertiary/aromatic N) is 1. The predicted molar refractivity (Wildman–Crippen MR) is 76.0 cm³/mol. The van der Waals surface area contributed by atoms with Crippen molar-refractivity contribution in [3.8, 4) is 0 Å². The molecule has 100 valence electrons. The highest BCUT2D eigenvalue weighted by atomic mass is 16.5. The lowest BCUT2D eigenvalue weighted by molar-refractivity contribution is 0.0378. The van der Waals surface area contributed by atoms with Crippen LogP contribution in [0.15, 0.2) is 18.2 Å². The van der Waals surface area contributed by atoms with Gasteiger partial charge in [0.15, 0.2) is 0 Å². The van der Waals surface area contributed by atoms with Crippen LogP contribution in [0.1, 0.15) is 12.0 Å². The summed E-state index contributed by atoms with van der Waals surface area (Å²) in [6.07, 6.45) is 1.16. The second-order valence-corrected chi connectivity index (χ2v) is 4.81. The van der Waals surface area contributed by atoms with Gasteiger partial charge in [0.2, 0.25) is 0 Å². The van der Waals surface area contributed by atoms with Gasteiger partial charge in [-0.15, -0.1) is 0 Å². The molecule has 1 aliphatic rings. The fourth-order valence-electron chi connectivity index (χ4n) is 2.24. The third-order valence-corrected chi connectivity index (χ3v) is 3.32. The average molecular weight is 249 g/mol. The molecule has 4 heteroatoms. The summed E-state index contributed by atoms with van der Waals surface area (Å²) in [5.41, 5.74) is 8.95. The number of nitrogens with two attached hydrogens (primary N) is 1. The Balaban J connectivity index is 1.68. The Morgan fingerprint density at radius 3 is 2.83 bits per heavy atom. The minimum atomic E-state index is 0.825. The number of hydrogen-bond acceptors (Lipinski definition) is 4. The van der Waals surface area contributed by atoms with Crippen LogP contribution in [-0.2, 0) is 4.74 Å². The van der Waals surface area contributed by atoms with Crippen molar-refractivity contribution in [2.24, 2.45) is 0 Å². The molecule has 18 heavy (non-hydrogen) atoms. The summed E-state index contributed by atoms with van der Waals surface area (Å²) < 4.78 is 5.33. The molecule has 2 rings (SSSR count). The maximum Gasteiger partial charge on any atom is 0.0594 e. The number of hydrogen-bond donors (Lipinski definition) is 2. The quantitative estimate of drug-likeness (QED) is 0.616. The molecule has 0 atom stereocenters. The Kier molecular flexibility index (Phi) is 4.84. The molecule has 0 unspecified atom stereocenters. The number of rotatable bonds is 5. The summed E-state index contributed by atoms with van der Waals surface area (Å²) in [5, 5.41) is 3.47. The molecule has 3 N–H and O–H groups in total. The van der Waals surface area contributed by atoms with E-state index in [4.69, 9.17) is 10.5 Å². The predicted octanol–water partition coefficient (Wildman–Crippen LogP) is 1.71. The van der Waals surface area contributed by atoms with Gasteiger partial charge in [-0.05, 0) is 43.7 Å². The molecule has 0 bridgehead atoms. The van der Waals surface area contributed by atoms with Gasteiger partial charge in [0.05, 0.1) is 13.2 Å². The van der Waals surface area contributed by atoms with E-state index in [1.807, 2.05) is 12.1 Å². The zero-order valence-corrected chi connectivity index (χ0v) is 11.1. The fraction of sp³-hybridized carbons (Fsp3) is 0.571. The molecular weight excluding hydrogens is 226 g/mol. The molecule has 1 aromatic carbocycles. The molecule has 0 aliphatic carbocycles. The summed E-state index contributed by atoms with van der Waals surface area (Å²) in [7, 11) is 0. The summed E-state index contributed by atoms with van der Waals surface area (Å²) in [6.45, 7) is 8.13. The van der Waals surface area contributed by atoms with Crippen LogP contribution >= 0.6 is 0 Å². The van der Waals surface area contributed by atoms with E-state index in [1.165, 1.54) is 11.3 Å². The molecule has 0 aromatic heterocycles. The van der Waals surface area contributed by atoms with Crippen molar-refractivity contribution in [3.05, 3.63) is 23.8 Å². The van der Waals surface area contributed by atoms with Gasteiger partial charge in [0, 0.05) is 31.0 Å². The summed E-state index contributed by atoms with van der Waals surface area (Å²) >= 11 is 0. The Bertz CT molecular complexity index is 375. The minimum absolute atomic E-state index is 0.825. The van der Waals surface area contributed by atoms with Crippen molar-refractivity contribution in [2.75, 3.05) is 50.4 Å². The van der Waals surface area contributed by atoms with E-state index in [0.29, 0.717) is 0 Å². The zero-order chi connectivity index (χ0) is 12.8. The molecule has 0 saturated carbocycles. The van der Waals surface area contributed by atoms with Gasteiger partial charge < -0.3 is 15.8 Å². The number of nitrogens with one attached hydrogen (secondary N) is 1. The molecule has 1 fully saturated rings. The number of benzene rings is 1. The molecule has 1 aliphatic heterocycles. The normalized spacial score (nSPS) is 16.7. The molecule has 0 spiro atoms. The van der Waals surface area contributed by atoms with E-state index in [9.17, 15) is 0 Å². The van der Waals surface area contributed by atoms with Crippen molar-refractivity contribution in [1.82, 2.24) is 4.90 Å². The first-order chi connectivity index (χ1) is 8.75. The lowest BCUT2D eigenvalue weighted by Gasteiger charge is -2.26. The molecule has 0 amide bonds. The second kappa shape index (κ2) is 6.61. The first-order valence-corrected chi connectivity index (χ1v) is 6.66. The van der Waals surface area contributed by atoms with Crippen LogP contribution in [0.4, 0.5) is 11.4 Å². The molecule has 1 saturated heterocycles. The second-order valence-electron chi connectivity index (χ2n) is 4.81. The van der Waals surface area contributed by atoms with Crippen molar-refractivity contribution in [1.29, 1.82) is 0 Å². The Morgan fingerprint density at radius 2 is 2.11 bits per heavy atom. The van der Waals surface area contributed by atoms with Gasteiger partial charge in [0.1, 0.15) is 0 Å². The number of anilines is 2. The number of aryl methyl sites for hydroxylation is 1. The topological polar surface area (TPSA) is 50.5 Å². The minimum Gasteiger partial charge on any atom is -0.399 e. The van der Waals surface area contributed by atoms with Gasteiger partial charge in [-0.3, -0.25) is 4.90 Å². The SMILES string of the molecule is Cc1cc(N)ccc1NCCCN1CCOCC1. The van der Waals surface area contributed by atoms with Crippen molar-refractivity contribution in [3.63, 3.8) is 0 Å². The van der Waals surface area contributed by atoms with E-state index < -0.39 is 0 Å². The Morgan fingerprint density at radius 1 is 1.33 bits per heavy atom. The molecule has 1 aromatic rings. The van der Waals surface area contributed by atoms with E-state index in [0.717, 1.165) is 51.5 Å². The van der Waals surface area contributed by atoms with Crippen LogP contribution < -0.4 is 11.1 Å². The fourth-order valence-corrected chi connectivity index (χ4v) is 2.24. The number of ether oxygens (including phenoxy) is 1. The summed E-state index contributed by atoms with van der Waals surface area (Å²) in [4.78, 5) is 2.46. The summed E-state index contributed by atoms with van der Waals surface area (Å²) in [6, 6.07) is 6.00. The van der Waals surface area contributed by atoms with E-state index in [1.54, 1.807) is 0 Å². The van der Waals surface area contributed by atoms with Gasteiger partial charge in [-0.1, -0.05) is 0 Å². The van der Waals surface area contributed by atoms with E-state index >= 15 is 0 Å². The van der Waals surface area contributed by atoms with Crippen molar-refractivity contribution < 1.29 is 4.74 Å². The maximum atomic E-state index is 5.73. The third kappa shape index (κ3) is 3.89. The van der Waals surface area contributed by atoms with Crippen molar-refractivity contribution >= 4 is 11.4 Å². The van der Waals surface area contributed by atoms with Crippen LogP contribution in [0.3, 0.4) is 0 Å². The molecule has 0 radical (unpaired) electrons. The van der Waals surface area contributed by atoms with Gasteiger partial charge in [0.25, 0.3) is 0 Å². The third-order valence-electron chi connectivity index (χ3n) is 3.32. The average Bonchev–Trinajstić information content (AvgIpc) is 2.38. The van der Waals surface area contributed by atoms with Gasteiger partial charge in [-0.25, -0.2) is 0 Å². The largest absolute Gasteiger partial charge is 0.399 e. The van der Waals surface area contributed by atoms with Crippen LogP contribution in [0.25, 0.3) is 0 Å². The van der Waals surface area contributed by atoms with Crippen LogP contribution in [0.2, 0.25) is 0 Å². The highest BCUT2D eigenvalue weighted by Gasteiger charge is 2.09. The monoisotopic (exact) mass is 249 g/mol. The first-order valence-electron chi connectivity index (χ1n) is 6.66. The lowest BCUT2D eigenvalue weighted by atomic mass is 10.2. The molecule has 1 heterocycles. The highest BCUT2D eigenvalue weighted by Crippen LogP contribution is 2.17. The van der Waals surface area contributed by atoms with Gasteiger partial charge in [-0.2, -0.15) is 0 Å². The molecular formula is C14H23N3O. The van der Waals surface area contributed by atoms with Crippen molar-refractivity contribution in [2.45, 2.75) is 13.3 Å². The number of morpholine rings is 1. The van der Waals surface area contributed by atoms with E-state index in [-0.39, 0.29) is 0 Å². The standard InChI is InChI=1S/C14H23N3O/c1-12-11-13(15)3-4-14(12)16-5-2-6-17-7-9-18-10-8-17/h3-4,11,16H,2,5-10,15H2,1H3. The van der Waals surface area contributed by atoms with Crippen LogP contribution in [0, 0.1) is 6.92 Å². The zero-order valence-electron chi connectivity index (χ0n) is 11.1. The maximum absolute atomic E-state index is 5.73. The lowest BCUT2D eigenvalue weighted by Crippen LogP contribution is -2.37.